The van der Waals surface area contributed by atoms with E-state index in [0.717, 1.165) is 19.5 Å². The number of hydrogen-bond donors (Lipinski definition) is 3. The highest BCUT2D eigenvalue weighted by Gasteiger charge is 2.16. The minimum absolute atomic E-state index is 0.206. The molecular formula is C11H14FN3O. The number of amides is 1. The molecule has 0 spiro atoms. The van der Waals surface area contributed by atoms with E-state index in [2.05, 4.69) is 10.6 Å². The van der Waals surface area contributed by atoms with Gasteiger partial charge in [-0.3, -0.25) is 4.79 Å². The minimum Gasteiger partial charge on any atom is -0.379 e. The molecule has 0 bridgehead atoms. The number of rotatable bonds is 3. The van der Waals surface area contributed by atoms with E-state index in [0.29, 0.717) is 11.3 Å². The molecule has 1 amide bonds. The van der Waals surface area contributed by atoms with E-state index >= 15 is 0 Å². The van der Waals surface area contributed by atoms with Gasteiger partial charge >= 0.3 is 0 Å². The Bertz CT molecular complexity index is 402. The lowest BCUT2D eigenvalue weighted by Crippen LogP contribution is -2.23. The highest BCUT2D eigenvalue weighted by Crippen LogP contribution is 2.18. The molecule has 1 aliphatic heterocycles. The summed E-state index contributed by atoms with van der Waals surface area (Å²) in [6, 6.07) is 4.30. The van der Waals surface area contributed by atoms with Crippen LogP contribution in [0.15, 0.2) is 18.2 Å². The summed E-state index contributed by atoms with van der Waals surface area (Å²) >= 11 is 0. The van der Waals surface area contributed by atoms with Crippen LogP contribution < -0.4 is 16.4 Å². The summed E-state index contributed by atoms with van der Waals surface area (Å²) < 4.78 is 13.5. The van der Waals surface area contributed by atoms with Crippen molar-refractivity contribution in [2.75, 3.05) is 18.4 Å². The van der Waals surface area contributed by atoms with E-state index in [-0.39, 0.29) is 11.9 Å². The standard InChI is InChI=1S/C11H14FN3O/c12-9-2-1-7(11(13)16)5-10(9)15-8-3-4-14-6-8/h1-2,5,8,14-15H,3-4,6H2,(H2,13,16). The van der Waals surface area contributed by atoms with Crippen molar-refractivity contribution in [3.8, 4) is 0 Å². The van der Waals surface area contributed by atoms with Gasteiger partial charge in [-0.15, -0.1) is 0 Å². The van der Waals surface area contributed by atoms with Crippen LogP contribution in [0, 0.1) is 5.82 Å². The van der Waals surface area contributed by atoms with Gasteiger partial charge in [-0.2, -0.15) is 0 Å². The van der Waals surface area contributed by atoms with E-state index in [1.807, 2.05) is 0 Å². The van der Waals surface area contributed by atoms with Crippen LogP contribution in [0.1, 0.15) is 16.8 Å². The smallest absolute Gasteiger partial charge is 0.248 e. The zero-order valence-corrected chi connectivity index (χ0v) is 8.79. The number of anilines is 1. The Morgan fingerprint density at radius 1 is 1.56 bits per heavy atom. The first-order valence-electron chi connectivity index (χ1n) is 5.23. The fraction of sp³-hybridized carbons (Fsp3) is 0.364. The molecule has 2 rings (SSSR count). The van der Waals surface area contributed by atoms with Gasteiger partial charge in [0.1, 0.15) is 5.82 Å². The second-order valence-corrected chi connectivity index (χ2v) is 3.89. The van der Waals surface area contributed by atoms with E-state index in [9.17, 15) is 9.18 Å². The summed E-state index contributed by atoms with van der Waals surface area (Å²) in [6.45, 7) is 1.73. The highest BCUT2D eigenvalue weighted by molar-refractivity contribution is 5.93. The predicted molar refractivity (Wildman–Crippen MR) is 59.8 cm³/mol. The molecule has 16 heavy (non-hydrogen) atoms. The summed E-state index contributed by atoms with van der Waals surface area (Å²) in [6.07, 6.45) is 0.945. The summed E-state index contributed by atoms with van der Waals surface area (Å²) in [5, 5.41) is 6.23. The Hall–Kier alpha value is -1.62. The quantitative estimate of drug-likeness (QED) is 0.706. The van der Waals surface area contributed by atoms with Crippen molar-refractivity contribution in [2.45, 2.75) is 12.5 Å². The monoisotopic (exact) mass is 223 g/mol. The summed E-state index contributed by atoms with van der Waals surface area (Å²) in [5.74, 6) is -0.913. The molecule has 1 atom stereocenters. The molecule has 5 heteroatoms. The first kappa shape index (κ1) is 10.9. The van der Waals surface area contributed by atoms with Crippen LogP contribution >= 0.6 is 0 Å². The number of carbonyl (C=O) groups excluding carboxylic acids is 1. The first-order chi connectivity index (χ1) is 7.66. The lowest BCUT2D eigenvalue weighted by molar-refractivity contribution is 0.100. The molecule has 1 unspecified atom stereocenters. The van der Waals surface area contributed by atoms with Crippen LogP contribution in [0.3, 0.4) is 0 Å². The van der Waals surface area contributed by atoms with Crippen molar-refractivity contribution < 1.29 is 9.18 Å². The molecule has 1 aliphatic rings. The van der Waals surface area contributed by atoms with Crippen molar-refractivity contribution in [3.05, 3.63) is 29.6 Å². The van der Waals surface area contributed by atoms with Crippen LogP contribution in [-0.4, -0.2) is 25.0 Å². The van der Waals surface area contributed by atoms with Gasteiger partial charge in [0.05, 0.1) is 5.69 Å². The lowest BCUT2D eigenvalue weighted by atomic mass is 10.1. The van der Waals surface area contributed by atoms with Crippen molar-refractivity contribution in [2.24, 2.45) is 5.73 Å². The maximum atomic E-state index is 13.5. The average Bonchev–Trinajstić information content (AvgIpc) is 2.73. The Labute approximate surface area is 93.0 Å². The fourth-order valence-corrected chi connectivity index (χ4v) is 1.79. The van der Waals surface area contributed by atoms with Gasteiger partial charge in [-0.05, 0) is 31.2 Å². The normalized spacial score (nSPS) is 19.7. The number of primary amides is 1. The van der Waals surface area contributed by atoms with Crippen LogP contribution in [0.4, 0.5) is 10.1 Å². The predicted octanol–water partition coefficient (Wildman–Crippen LogP) is 0.698. The fourth-order valence-electron chi connectivity index (χ4n) is 1.79. The molecule has 0 aromatic heterocycles. The van der Waals surface area contributed by atoms with Crippen LogP contribution in [0.5, 0.6) is 0 Å². The zero-order chi connectivity index (χ0) is 11.5. The Kier molecular flexibility index (Phi) is 3.05. The number of nitrogens with one attached hydrogen (secondary N) is 2. The molecule has 4 nitrogen and oxygen atoms in total. The Morgan fingerprint density at radius 3 is 3.00 bits per heavy atom. The minimum atomic E-state index is -0.549. The third-order valence-electron chi connectivity index (χ3n) is 2.67. The van der Waals surface area contributed by atoms with Crippen LogP contribution in [-0.2, 0) is 0 Å². The van der Waals surface area contributed by atoms with E-state index in [4.69, 9.17) is 5.73 Å². The maximum absolute atomic E-state index is 13.5. The van der Waals surface area contributed by atoms with Gasteiger partial charge in [-0.25, -0.2) is 4.39 Å². The molecule has 1 aromatic carbocycles. The van der Waals surface area contributed by atoms with E-state index in [1.54, 1.807) is 0 Å². The summed E-state index contributed by atoms with van der Waals surface area (Å²) in [5.41, 5.74) is 5.79. The molecular weight excluding hydrogens is 209 g/mol. The van der Waals surface area contributed by atoms with Gasteiger partial charge in [0.25, 0.3) is 0 Å². The maximum Gasteiger partial charge on any atom is 0.248 e. The lowest BCUT2D eigenvalue weighted by Gasteiger charge is -2.14. The molecule has 1 aromatic rings. The molecule has 86 valence electrons. The van der Waals surface area contributed by atoms with Crippen LogP contribution in [0.25, 0.3) is 0 Å². The first-order valence-corrected chi connectivity index (χ1v) is 5.23. The Balaban J connectivity index is 2.17. The van der Waals surface area contributed by atoms with Gasteiger partial charge in [-0.1, -0.05) is 0 Å². The number of halogens is 1. The Morgan fingerprint density at radius 2 is 2.38 bits per heavy atom. The van der Waals surface area contributed by atoms with Gasteiger partial charge in [0.2, 0.25) is 5.91 Å². The van der Waals surface area contributed by atoms with Crippen LogP contribution in [0.2, 0.25) is 0 Å². The molecule has 4 N–H and O–H groups in total. The van der Waals surface area contributed by atoms with Crippen molar-refractivity contribution in [1.29, 1.82) is 0 Å². The van der Waals surface area contributed by atoms with Gasteiger partial charge in [0.15, 0.2) is 0 Å². The van der Waals surface area contributed by atoms with E-state index in [1.165, 1.54) is 18.2 Å². The second kappa shape index (κ2) is 4.49. The summed E-state index contributed by atoms with van der Waals surface area (Å²) in [4.78, 5) is 11.0. The summed E-state index contributed by atoms with van der Waals surface area (Å²) in [7, 11) is 0. The topological polar surface area (TPSA) is 67.2 Å². The molecule has 0 radical (unpaired) electrons. The zero-order valence-electron chi connectivity index (χ0n) is 8.79. The number of benzene rings is 1. The van der Waals surface area contributed by atoms with Gasteiger partial charge in [0, 0.05) is 18.2 Å². The van der Waals surface area contributed by atoms with E-state index < -0.39 is 5.91 Å². The SMILES string of the molecule is NC(=O)c1ccc(F)c(NC2CCNC2)c1. The third kappa shape index (κ3) is 2.30. The molecule has 1 heterocycles. The molecule has 0 saturated carbocycles. The van der Waals surface area contributed by atoms with Crippen molar-refractivity contribution in [1.82, 2.24) is 5.32 Å². The highest BCUT2D eigenvalue weighted by atomic mass is 19.1. The second-order valence-electron chi connectivity index (χ2n) is 3.89. The van der Waals surface area contributed by atoms with Crippen molar-refractivity contribution >= 4 is 11.6 Å². The molecule has 0 aliphatic carbocycles. The van der Waals surface area contributed by atoms with Gasteiger partial charge < -0.3 is 16.4 Å². The number of carbonyl (C=O) groups is 1. The number of nitrogens with two attached hydrogens (primary N) is 1. The number of hydrogen-bond acceptors (Lipinski definition) is 3. The third-order valence-corrected chi connectivity index (χ3v) is 2.67. The molecule has 1 fully saturated rings. The largest absolute Gasteiger partial charge is 0.379 e. The molecule has 1 saturated heterocycles. The average molecular weight is 223 g/mol. The van der Waals surface area contributed by atoms with Crippen molar-refractivity contribution in [3.63, 3.8) is 0 Å².